The summed E-state index contributed by atoms with van der Waals surface area (Å²) < 4.78 is 0. The lowest BCUT2D eigenvalue weighted by Gasteiger charge is -2.37. The Balaban J connectivity index is 2.05. The van der Waals surface area contributed by atoms with Gasteiger partial charge >= 0.3 is 0 Å². The van der Waals surface area contributed by atoms with E-state index in [0.717, 1.165) is 0 Å². The van der Waals surface area contributed by atoms with Gasteiger partial charge in [-0.25, -0.2) is 0 Å². The molecule has 0 aliphatic heterocycles. The van der Waals surface area contributed by atoms with Crippen LogP contribution in [0.5, 0.6) is 0 Å². The van der Waals surface area contributed by atoms with Gasteiger partial charge in [0.15, 0.2) is 0 Å². The average Bonchev–Trinajstić information content (AvgIpc) is 2.43. The van der Waals surface area contributed by atoms with Crippen LogP contribution in [0.15, 0.2) is 0 Å². The van der Waals surface area contributed by atoms with Crippen molar-refractivity contribution < 1.29 is 0 Å². The Morgan fingerprint density at radius 3 is 1.95 bits per heavy atom. The summed E-state index contributed by atoms with van der Waals surface area (Å²) >= 11 is 0. The second-order valence-corrected chi connectivity index (χ2v) is 6.82. The number of hydrogen-bond donors (Lipinski definition) is 1. The van der Waals surface area contributed by atoms with Crippen molar-refractivity contribution in [3.8, 4) is 0 Å². The molecule has 1 N–H and O–H groups in total. The zero-order chi connectivity index (χ0) is 13.8. The van der Waals surface area contributed by atoms with Crippen LogP contribution < -0.4 is 5.32 Å². The first-order valence-electron chi connectivity index (χ1n) is 8.97. The summed E-state index contributed by atoms with van der Waals surface area (Å²) in [5, 5.41) is 3.45. The molecule has 0 aromatic heterocycles. The Morgan fingerprint density at radius 2 is 1.37 bits per heavy atom. The Kier molecular flexibility index (Phi) is 9.59. The summed E-state index contributed by atoms with van der Waals surface area (Å²) in [6.07, 6.45) is 20.5. The molecule has 0 atom stereocenters. The number of rotatable bonds is 11. The molecule has 1 rings (SSSR count). The first kappa shape index (κ1) is 17.0. The van der Waals surface area contributed by atoms with Gasteiger partial charge in [0, 0.05) is 6.54 Å². The Bertz CT molecular complexity index is 188. The minimum atomic E-state index is 0.662. The van der Waals surface area contributed by atoms with E-state index < -0.39 is 0 Å². The third kappa shape index (κ3) is 7.34. The van der Waals surface area contributed by atoms with Gasteiger partial charge in [-0.15, -0.1) is 0 Å². The monoisotopic (exact) mass is 267 g/mol. The van der Waals surface area contributed by atoms with Gasteiger partial charge in [-0.3, -0.25) is 0 Å². The van der Waals surface area contributed by atoms with Crippen molar-refractivity contribution >= 4 is 0 Å². The van der Waals surface area contributed by atoms with Gasteiger partial charge in [0.05, 0.1) is 0 Å². The van der Waals surface area contributed by atoms with Crippen LogP contribution in [-0.4, -0.2) is 13.6 Å². The molecule has 0 aromatic rings. The van der Waals surface area contributed by atoms with Crippen LogP contribution in [0.2, 0.25) is 0 Å². The highest BCUT2D eigenvalue weighted by Gasteiger charge is 2.30. The van der Waals surface area contributed by atoms with Gasteiger partial charge in [0.2, 0.25) is 0 Å². The maximum atomic E-state index is 3.45. The minimum absolute atomic E-state index is 0.662. The topological polar surface area (TPSA) is 12.0 Å². The zero-order valence-electron chi connectivity index (χ0n) is 13.6. The summed E-state index contributed by atoms with van der Waals surface area (Å²) in [5.74, 6) is 0. The molecule has 0 amide bonds. The third-order valence-electron chi connectivity index (χ3n) is 5.03. The van der Waals surface area contributed by atoms with Gasteiger partial charge in [-0.05, 0) is 31.7 Å². The minimum Gasteiger partial charge on any atom is -0.319 e. The van der Waals surface area contributed by atoms with E-state index in [1.807, 2.05) is 0 Å². The molecule has 0 aromatic carbocycles. The molecule has 0 bridgehead atoms. The molecule has 1 saturated carbocycles. The quantitative estimate of drug-likeness (QED) is 0.474. The van der Waals surface area contributed by atoms with Crippen molar-refractivity contribution in [2.24, 2.45) is 5.41 Å². The van der Waals surface area contributed by atoms with Gasteiger partial charge in [0.25, 0.3) is 0 Å². The Labute approximate surface area is 121 Å². The van der Waals surface area contributed by atoms with Gasteiger partial charge in [0.1, 0.15) is 0 Å². The van der Waals surface area contributed by atoms with Crippen molar-refractivity contribution in [3.05, 3.63) is 0 Å². The van der Waals surface area contributed by atoms with Gasteiger partial charge < -0.3 is 5.32 Å². The van der Waals surface area contributed by atoms with Crippen LogP contribution >= 0.6 is 0 Å². The number of unbranched alkanes of at least 4 members (excludes halogenated alkanes) is 7. The highest BCUT2D eigenvalue weighted by Crippen LogP contribution is 2.40. The first-order chi connectivity index (χ1) is 9.33. The predicted octanol–water partition coefficient (Wildman–Crippen LogP) is 5.69. The largest absolute Gasteiger partial charge is 0.319 e. The lowest BCUT2D eigenvalue weighted by Crippen LogP contribution is -2.34. The molecule has 1 nitrogen and oxygen atoms in total. The molecule has 1 heteroatoms. The molecule has 0 radical (unpaired) electrons. The summed E-state index contributed by atoms with van der Waals surface area (Å²) in [6, 6.07) is 0. The second-order valence-electron chi connectivity index (χ2n) is 6.82. The molecule has 0 unspecified atom stereocenters. The highest BCUT2D eigenvalue weighted by molar-refractivity contribution is 4.84. The number of nitrogens with one attached hydrogen (secondary N) is 1. The van der Waals surface area contributed by atoms with Crippen molar-refractivity contribution in [1.29, 1.82) is 0 Å². The van der Waals surface area contributed by atoms with Gasteiger partial charge in [-0.2, -0.15) is 0 Å². The molecular weight excluding hydrogens is 230 g/mol. The van der Waals surface area contributed by atoms with Crippen molar-refractivity contribution in [3.63, 3.8) is 0 Å². The first-order valence-corrected chi connectivity index (χ1v) is 8.97. The summed E-state index contributed by atoms with van der Waals surface area (Å²) in [6.45, 7) is 3.55. The zero-order valence-corrected chi connectivity index (χ0v) is 13.6. The fourth-order valence-electron chi connectivity index (χ4n) is 3.83. The van der Waals surface area contributed by atoms with E-state index in [9.17, 15) is 0 Å². The molecule has 114 valence electrons. The third-order valence-corrected chi connectivity index (χ3v) is 5.03. The molecular formula is C18H37N. The van der Waals surface area contributed by atoms with Crippen LogP contribution in [0.25, 0.3) is 0 Å². The van der Waals surface area contributed by atoms with E-state index in [-0.39, 0.29) is 0 Å². The fourth-order valence-corrected chi connectivity index (χ4v) is 3.83. The normalized spacial score (nSPS) is 18.6. The summed E-state index contributed by atoms with van der Waals surface area (Å²) in [5.41, 5.74) is 0.662. The summed E-state index contributed by atoms with van der Waals surface area (Å²) in [7, 11) is 2.13. The van der Waals surface area contributed by atoms with Crippen molar-refractivity contribution in [2.75, 3.05) is 13.6 Å². The number of hydrogen-bond acceptors (Lipinski definition) is 1. The van der Waals surface area contributed by atoms with E-state index in [0.29, 0.717) is 5.41 Å². The average molecular weight is 268 g/mol. The predicted molar refractivity (Wildman–Crippen MR) is 86.7 cm³/mol. The summed E-state index contributed by atoms with van der Waals surface area (Å²) in [4.78, 5) is 0. The van der Waals surface area contributed by atoms with Crippen LogP contribution in [-0.2, 0) is 0 Å². The van der Waals surface area contributed by atoms with Gasteiger partial charge in [-0.1, -0.05) is 77.6 Å². The van der Waals surface area contributed by atoms with Crippen LogP contribution in [0.3, 0.4) is 0 Å². The van der Waals surface area contributed by atoms with E-state index in [1.165, 1.54) is 96.4 Å². The molecule has 1 aliphatic rings. The fraction of sp³-hybridized carbons (Fsp3) is 1.00. The van der Waals surface area contributed by atoms with E-state index in [1.54, 1.807) is 0 Å². The molecule has 0 heterocycles. The molecule has 1 aliphatic carbocycles. The molecule has 1 fully saturated rings. The molecule has 0 spiro atoms. The smallest absolute Gasteiger partial charge is 0.000480 e. The van der Waals surface area contributed by atoms with E-state index >= 15 is 0 Å². The highest BCUT2D eigenvalue weighted by atomic mass is 14.8. The second kappa shape index (κ2) is 10.7. The lowest BCUT2D eigenvalue weighted by molar-refractivity contribution is 0.165. The standard InChI is InChI=1S/C18H37N/c1-3-4-5-6-7-8-9-11-14-18(17-19-2)15-12-10-13-16-18/h19H,3-17H2,1-2H3. The molecule has 19 heavy (non-hydrogen) atoms. The Hall–Kier alpha value is -0.0400. The van der Waals surface area contributed by atoms with E-state index in [2.05, 4.69) is 19.3 Å². The molecule has 0 saturated heterocycles. The van der Waals surface area contributed by atoms with Crippen molar-refractivity contribution in [2.45, 2.75) is 96.8 Å². The Morgan fingerprint density at radius 1 is 0.789 bits per heavy atom. The maximum Gasteiger partial charge on any atom is 0.000480 e. The van der Waals surface area contributed by atoms with Crippen LogP contribution in [0, 0.1) is 5.41 Å². The lowest BCUT2D eigenvalue weighted by atomic mass is 9.71. The SMILES string of the molecule is CCCCCCCCCCC1(CNC)CCCCC1. The van der Waals surface area contributed by atoms with Crippen molar-refractivity contribution in [1.82, 2.24) is 5.32 Å². The van der Waals surface area contributed by atoms with E-state index in [4.69, 9.17) is 0 Å². The maximum absolute atomic E-state index is 3.45. The van der Waals surface area contributed by atoms with Crippen LogP contribution in [0.4, 0.5) is 0 Å². The van der Waals surface area contributed by atoms with Crippen LogP contribution in [0.1, 0.15) is 96.8 Å².